The van der Waals surface area contributed by atoms with Gasteiger partial charge in [0.15, 0.2) is 5.78 Å². The van der Waals surface area contributed by atoms with Gasteiger partial charge in [0.25, 0.3) is 0 Å². The molecule has 0 aliphatic rings. The molecule has 0 spiro atoms. The Morgan fingerprint density at radius 2 is 1.75 bits per heavy atom. The first-order chi connectivity index (χ1) is 7.19. The van der Waals surface area contributed by atoms with E-state index < -0.39 is 41.0 Å². The lowest BCUT2D eigenvalue weighted by Crippen LogP contribution is -2.60. The molecule has 0 fully saturated rings. The van der Waals surface area contributed by atoms with Crippen molar-refractivity contribution in [2.75, 3.05) is 6.61 Å². The summed E-state index contributed by atoms with van der Waals surface area (Å²) in [5.74, 6) is -1.11. The largest absolute Gasteiger partial charge is 0.394 e. The van der Waals surface area contributed by atoms with Crippen LogP contribution in [-0.4, -0.2) is 66.5 Å². The van der Waals surface area contributed by atoms with Gasteiger partial charge in [0.1, 0.15) is 18.3 Å². The number of rotatable bonds is 6. The Kier molecular flexibility index (Phi) is 5.66. The van der Waals surface area contributed by atoms with E-state index >= 15 is 0 Å². The first-order valence-corrected chi connectivity index (χ1v) is 5.07. The van der Waals surface area contributed by atoms with Crippen LogP contribution in [0.3, 0.4) is 0 Å². The molecule has 0 saturated heterocycles. The first-order valence-electron chi connectivity index (χ1n) is 4.28. The average molecular weight is 301 g/mol. The van der Waals surface area contributed by atoms with Crippen LogP contribution in [0, 0.1) is 0 Å². The van der Waals surface area contributed by atoms with Crippen molar-refractivity contribution in [2.45, 2.75) is 30.8 Å². The molecular weight excluding hydrogens is 288 g/mol. The van der Waals surface area contributed by atoms with E-state index in [1.54, 1.807) is 0 Å². The van der Waals surface area contributed by atoms with Gasteiger partial charge in [-0.15, -0.1) is 0 Å². The van der Waals surface area contributed by atoms with Gasteiger partial charge < -0.3 is 25.5 Å². The van der Waals surface area contributed by atoms with Crippen molar-refractivity contribution in [1.82, 2.24) is 0 Å². The number of hydrogen-bond acceptors (Lipinski definition) is 7. The van der Waals surface area contributed by atoms with Crippen LogP contribution < -0.4 is 0 Å². The Morgan fingerprint density at radius 1 is 1.31 bits per heavy atom. The quantitative estimate of drug-likeness (QED) is 0.266. The summed E-state index contributed by atoms with van der Waals surface area (Å²) in [6, 6.07) is 0. The van der Waals surface area contributed by atoms with E-state index in [4.69, 9.17) is 10.2 Å². The summed E-state index contributed by atoms with van der Waals surface area (Å²) in [7, 11) is 0. The molecule has 0 aromatic carbocycles. The molecule has 0 aliphatic heterocycles. The van der Waals surface area contributed by atoms with E-state index in [1.807, 2.05) is 0 Å². The standard InChI is InChI=1S/C8H13BrO7/c1-3(11)8(16,7(9)15)6(14)5(13)4(12)2-10/h4-6,10,12-14,16H,2H2,1H3/t4-,5-,6-,8-/m1/s1. The van der Waals surface area contributed by atoms with Gasteiger partial charge in [0, 0.05) is 0 Å². The Hall–Kier alpha value is -0.380. The average Bonchev–Trinajstić information content (AvgIpc) is 2.23. The number of ketones is 1. The van der Waals surface area contributed by atoms with Gasteiger partial charge in [-0.1, -0.05) is 0 Å². The van der Waals surface area contributed by atoms with Crippen molar-refractivity contribution >= 4 is 26.4 Å². The van der Waals surface area contributed by atoms with Crippen LogP contribution in [0.2, 0.25) is 0 Å². The number of Topliss-reactive ketones (excluding diaryl/α,β-unsaturated/α-hetero) is 1. The Labute approximate surface area is 99.5 Å². The predicted octanol–water partition coefficient (Wildman–Crippen LogP) is -2.70. The van der Waals surface area contributed by atoms with Crippen molar-refractivity contribution in [3.8, 4) is 0 Å². The van der Waals surface area contributed by atoms with Crippen LogP contribution in [0.25, 0.3) is 0 Å². The lowest BCUT2D eigenvalue weighted by Gasteiger charge is -2.31. The number of hydrogen-bond donors (Lipinski definition) is 5. The van der Waals surface area contributed by atoms with Crippen molar-refractivity contribution < 1.29 is 35.1 Å². The van der Waals surface area contributed by atoms with Crippen LogP contribution >= 0.6 is 15.9 Å². The minimum absolute atomic E-state index is 0.834. The molecule has 0 aromatic rings. The first kappa shape index (κ1) is 15.6. The van der Waals surface area contributed by atoms with Gasteiger partial charge in [0.2, 0.25) is 10.3 Å². The number of aliphatic hydroxyl groups is 5. The Morgan fingerprint density at radius 3 is 2.00 bits per heavy atom. The van der Waals surface area contributed by atoms with Crippen LogP contribution in [-0.2, 0) is 9.59 Å². The highest BCUT2D eigenvalue weighted by Gasteiger charge is 2.51. The van der Waals surface area contributed by atoms with E-state index in [9.17, 15) is 24.9 Å². The molecule has 0 heterocycles. The minimum Gasteiger partial charge on any atom is -0.394 e. The van der Waals surface area contributed by atoms with E-state index in [-0.39, 0.29) is 0 Å². The molecule has 7 nitrogen and oxygen atoms in total. The third-order valence-corrected chi connectivity index (χ3v) is 2.77. The summed E-state index contributed by atoms with van der Waals surface area (Å²) >= 11 is 2.31. The molecule has 5 N–H and O–H groups in total. The summed E-state index contributed by atoms with van der Waals surface area (Å²) in [6.45, 7) is -0.0664. The maximum absolute atomic E-state index is 11.0. The molecule has 0 radical (unpaired) electrons. The fourth-order valence-electron chi connectivity index (χ4n) is 1.03. The Bertz CT molecular complexity index is 266. The summed E-state index contributed by atoms with van der Waals surface area (Å²) in [6.07, 6.45) is -6.08. The van der Waals surface area contributed by atoms with E-state index in [2.05, 4.69) is 15.9 Å². The van der Waals surface area contributed by atoms with Crippen LogP contribution in [0.15, 0.2) is 0 Å². The normalized spacial score (nSPS) is 20.7. The van der Waals surface area contributed by atoms with Crippen LogP contribution in [0.4, 0.5) is 0 Å². The van der Waals surface area contributed by atoms with Crippen LogP contribution in [0.1, 0.15) is 6.92 Å². The smallest absolute Gasteiger partial charge is 0.239 e. The molecule has 0 aromatic heterocycles. The van der Waals surface area contributed by atoms with Gasteiger partial charge >= 0.3 is 0 Å². The molecule has 0 aliphatic carbocycles. The zero-order valence-corrected chi connectivity index (χ0v) is 9.96. The number of carbonyl (C=O) groups is 2. The molecule has 4 atom stereocenters. The van der Waals surface area contributed by atoms with Gasteiger partial charge in [-0.25, -0.2) is 0 Å². The number of halogens is 1. The Balaban J connectivity index is 5.11. The highest BCUT2D eigenvalue weighted by Crippen LogP contribution is 2.21. The van der Waals surface area contributed by atoms with E-state index in [0.717, 1.165) is 6.92 Å². The topological polar surface area (TPSA) is 135 Å². The number of aliphatic hydroxyl groups excluding tert-OH is 4. The molecule has 0 saturated carbocycles. The highest BCUT2D eigenvalue weighted by atomic mass is 79.9. The summed E-state index contributed by atoms with van der Waals surface area (Å²) in [4.78, 5) is 22.0. The molecule has 8 heteroatoms. The van der Waals surface area contributed by atoms with Crippen molar-refractivity contribution in [3.05, 3.63) is 0 Å². The monoisotopic (exact) mass is 300 g/mol. The van der Waals surface area contributed by atoms with E-state index in [1.165, 1.54) is 0 Å². The minimum atomic E-state index is -2.87. The van der Waals surface area contributed by atoms with Gasteiger partial charge in [-0.2, -0.15) is 0 Å². The summed E-state index contributed by atoms with van der Waals surface area (Å²) in [5.41, 5.74) is -2.87. The molecule has 16 heavy (non-hydrogen) atoms. The molecular formula is C8H13BrO7. The highest BCUT2D eigenvalue weighted by molar-refractivity contribution is 9.18. The fraction of sp³-hybridized carbons (Fsp3) is 0.750. The second-order valence-corrected chi connectivity index (χ2v) is 4.00. The summed E-state index contributed by atoms with van der Waals surface area (Å²) in [5, 5.41) is 45.8. The second kappa shape index (κ2) is 5.80. The van der Waals surface area contributed by atoms with Crippen LogP contribution in [0.5, 0.6) is 0 Å². The fourth-order valence-corrected chi connectivity index (χ4v) is 1.54. The summed E-state index contributed by atoms with van der Waals surface area (Å²) < 4.78 is -1.25. The maximum atomic E-state index is 11.0. The van der Waals surface area contributed by atoms with Gasteiger partial charge in [-0.3, -0.25) is 9.59 Å². The van der Waals surface area contributed by atoms with Gasteiger partial charge in [0.05, 0.1) is 6.61 Å². The molecule has 0 bridgehead atoms. The third kappa shape index (κ3) is 2.84. The van der Waals surface area contributed by atoms with Crippen molar-refractivity contribution in [3.63, 3.8) is 0 Å². The SMILES string of the molecule is CC(=O)[C@](O)(C(=O)Br)[C@H](O)[C@H](O)[C@H](O)CO. The number of carbonyl (C=O) groups excluding carboxylic acids is 2. The third-order valence-electron chi connectivity index (χ3n) is 2.17. The lowest BCUT2D eigenvalue weighted by atomic mass is 9.88. The molecule has 0 amide bonds. The maximum Gasteiger partial charge on any atom is 0.239 e. The zero-order chi connectivity index (χ0) is 13.1. The predicted molar refractivity (Wildman–Crippen MR) is 54.7 cm³/mol. The second-order valence-electron chi connectivity index (χ2n) is 3.28. The molecule has 0 unspecified atom stereocenters. The molecule has 0 rings (SSSR count). The van der Waals surface area contributed by atoms with Crippen molar-refractivity contribution in [2.24, 2.45) is 0 Å². The lowest BCUT2D eigenvalue weighted by molar-refractivity contribution is -0.174. The zero-order valence-electron chi connectivity index (χ0n) is 8.37. The van der Waals surface area contributed by atoms with E-state index in [0.29, 0.717) is 0 Å². The molecule has 94 valence electrons. The van der Waals surface area contributed by atoms with Crippen molar-refractivity contribution in [1.29, 1.82) is 0 Å². The van der Waals surface area contributed by atoms with Gasteiger partial charge in [-0.05, 0) is 22.9 Å².